The quantitative estimate of drug-likeness (QED) is 0.455. The summed E-state index contributed by atoms with van der Waals surface area (Å²) in [5.41, 5.74) is 8.92. The second-order valence-corrected chi connectivity index (χ2v) is 7.28. The van der Waals surface area contributed by atoms with Crippen molar-refractivity contribution in [1.29, 1.82) is 0 Å². The predicted molar refractivity (Wildman–Crippen MR) is 114 cm³/mol. The molecule has 0 bridgehead atoms. The third-order valence-electron chi connectivity index (χ3n) is 4.85. The van der Waals surface area contributed by atoms with E-state index in [2.05, 4.69) is 20.9 Å². The highest BCUT2D eigenvalue weighted by atomic mass is 16.2. The van der Waals surface area contributed by atoms with Gasteiger partial charge in [-0.05, 0) is 44.5 Å². The first-order valence-electron chi connectivity index (χ1n) is 9.64. The SMILES string of the molecule is Cc1ccccc1-c1cc(C(=O)NNC(=O)c2ccc[nH]2)c2cnn(C(C)C)c2n1. The highest BCUT2D eigenvalue weighted by Crippen LogP contribution is 2.28. The smallest absolute Gasteiger partial charge is 0.286 e. The fourth-order valence-electron chi connectivity index (χ4n) is 3.30. The molecule has 0 unspecified atom stereocenters. The van der Waals surface area contributed by atoms with Gasteiger partial charge in [0.15, 0.2) is 5.65 Å². The van der Waals surface area contributed by atoms with Crippen LogP contribution in [0.4, 0.5) is 0 Å². The van der Waals surface area contributed by atoms with Crippen LogP contribution in [-0.4, -0.2) is 31.6 Å². The second kappa shape index (κ2) is 7.82. The lowest BCUT2D eigenvalue weighted by molar-refractivity contribution is 0.0845. The van der Waals surface area contributed by atoms with Gasteiger partial charge in [-0.15, -0.1) is 0 Å². The van der Waals surface area contributed by atoms with Gasteiger partial charge in [0, 0.05) is 17.8 Å². The minimum Gasteiger partial charge on any atom is -0.357 e. The molecular formula is C22H22N6O2. The average Bonchev–Trinajstić information content (AvgIpc) is 3.41. The molecular weight excluding hydrogens is 380 g/mol. The Labute approximate surface area is 173 Å². The Morgan fingerprint density at radius 3 is 2.53 bits per heavy atom. The summed E-state index contributed by atoms with van der Waals surface area (Å²) in [7, 11) is 0. The number of aromatic amines is 1. The molecule has 152 valence electrons. The van der Waals surface area contributed by atoms with Crippen LogP contribution in [0.25, 0.3) is 22.3 Å². The molecule has 0 aliphatic carbocycles. The number of aromatic nitrogens is 4. The molecule has 4 rings (SSSR count). The largest absolute Gasteiger partial charge is 0.357 e. The fourth-order valence-corrected chi connectivity index (χ4v) is 3.30. The van der Waals surface area contributed by atoms with Crippen molar-refractivity contribution in [1.82, 2.24) is 30.6 Å². The highest BCUT2D eigenvalue weighted by molar-refractivity contribution is 6.07. The number of rotatable bonds is 4. The third-order valence-corrected chi connectivity index (χ3v) is 4.85. The molecule has 0 saturated carbocycles. The number of pyridine rings is 1. The number of nitrogens with one attached hydrogen (secondary N) is 3. The molecule has 8 nitrogen and oxygen atoms in total. The van der Waals surface area contributed by atoms with E-state index in [1.807, 2.05) is 45.0 Å². The molecule has 0 spiro atoms. The molecule has 30 heavy (non-hydrogen) atoms. The van der Waals surface area contributed by atoms with E-state index in [9.17, 15) is 9.59 Å². The van der Waals surface area contributed by atoms with Crippen LogP contribution in [0.15, 0.2) is 54.9 Å². The van der Waals surface area contributed by atoms with E-state index in [1.165, 1.54) is 0 Å². The van der Waals surface area contributed by atoms with E-state index >= 15 is 0 Å². The van der Waals surface area contributed by atoms with Crippen LogP contribution < -0.4 is 10.9 Å². The van der Waals surface area contributed by atoms with Gasteiger partial charge in [0.2, 0.25) is 0 Å². The fraction of sp³-hybridized carbons (Fsp3) is 0.182. The monoisotopic (exact) mass is 402 g/mol. The van der Waals surface area contributed by atoms with E-state index in [-0.39, 0.29) is 6.04 Å². The molecule has 3 aromatic heterocycles. The summed E-state index contributed by atoms with van der Waals surface area (Å²) < 4.78 is 1.78. The number of fused-ring (bicyclic) bond motifs is 1. The lowest BCUT2D eigenvalue weighted by Crippen LogP contribution is -2.41. The normalized spacial score (nSPS) is 11.1. The number of H-pyrrole nitrogens is 1. The average molecular weight is 402 g/mol. The molecule has 0 fully saturated rings. The van der Waals surface area contributed by atoms with Crippen molar-refractivity contribution in [3.63, 3.8) is 0 Å². The Morgan fingerprint density at radius 2 is 1.83 bits per heavy atom. The second-order valence-electron chi connectivity index (χ2n) is 7.28. The Morgan fingerprint density at radius 1 is 1.07 bits per heavy atom. The first-order valence-corrected chi connectivity index (χ1v) is 9.64. The van der Waals surface area contributed by atoms with Gasteiger partial charge in [0.1, 0.15) is 5.69 Å². The van der Waals surface area contributed by atoms with Crippen molar-refractivity contribution >= 4 is 22.8 Å². The van der Waals surface area contributed by atoms with Crippen LogP contribution in [0.3, 0.4) is 0 Å². The lowest BCUT2D eigenvalue weighted by Gasteiger charge is -2.12. The summed E-state index contributed by atoms with van der Waals surface area (Å²) in [4.78, 5) is 32.7. The van der Waals surface area contributed by atoms with Crippen molar-refractivity contribution in [2.45, 2.75) is 26.8 Å². The zero-order valence-electron chi connectivity index (χ0n) is 16.9. The molecule has 0 radical (unpaired) electrons. The van der Waals surface area contributed by atoms with Gasteiger partial charge in [-0.1, -0.05) is 24.3 Å². The molecule has 0 atom stereocenters. The number of carbonyl (C=O) groups excluding carboxylic acids is 2. The summed E-state index contributed by atoms with van der Waals surface area (Å²) in [6.45, 7) is 6.01. The summed E-state index contributed by atoms with van der Waals surface area (Å²) in [6.07, 6.45) is 3.27. The van der Waals surface area contributed by atoms with Crippen molar-refractivity contribution in [3.8, 4) is 11.3 Å². The van der Waals surface area contributed by atoms with E-state index < -0.39 is 11.8 Å². The zero-order valence-corrected chi connectivity index (χ0v) is 16.9. The number of hydrogen-bond acceptors (Lipinski definition) is 4. The van der Waals surface area contributed by atoms with Crippen LogP contribution in [-0.2, 0) is 0 Å². The number of amides is 2. The maximum Gasteiger partial charge on any atom is 0.286 e. The van der Waals surface area contributed by atoms with E-state index in [4.69, 9.17) is 4.98 Å². The van der Waals surface area contributed by atoms with Crippen molar-refractivity contribution in [3.05, 3.63) is 71.7 Å². The lowest BCUT2D eigenvalue weighted by atomic mass is 10.0. The summed E-state index contributed by atoms with van der Waals surface area (Å²) in [5, 5.41) is 5.03. The third kappa shape index (κ3) is 3.55. The molecule has 1 aromatic carbocycles. The Hall–Kier alpha value is -3.94. The van der Waals surface area contributed by atoms with Crippen molar-refractivity contribution in [2.75, 3.05) is 0 Å². The maximum absolute atomic E-state index is 13.0. The first kappa shape index (κ1) is 19.4. The predicted octanol–water partition coefficient (Wildman–Crippen LogP) is 3.39. The Balaban J connectivity index is 1.75. The van der Waals surface area contributed by atoms with Crippen LogP contribution in [0.2, 0.25) is 0 Å². The topological polar surface area (TPSA) is 105 Å². The molecule has 0 aliphatic rings. The standard InChI is InChI=1S/C22H22N6O2/c1-13(2)28-20-17(12-24-28)16(11-19(25-20)15-8-5-4-7-14(15)3)21(29)26-27-22(30)18-9-6-10-23-18/h4-13,23H,1-3H3,(H,26,29)(H,27,30). The minimum absolute atomic E-state index is 0.0746. The summed E-state index contributed by atoms with van der Waals surface area (Å²) >= 11 is 0. The Bertz CT molecular complexity index is 1220. The minimum atomic E-state index is -0.444. The summed E-state index contributed by atoms with van der Waals surface area (Å²) in [6, 6.07) is 13.0. The molecule has 0 saturated heterocycles. The number of hydrazine groups is 1. The zero-order chi connectivity index (χ0) is 21.3. The van der Waals surface area contributed by atoms with Gasteiger partial charge in [-0.3, -0.25) is 20.4 Å². The van der Waals surface area contributed by atoms with E-state index in [0.29, 0.717) is 28.0 Å². The van der Waals surface area contributed by atoms with Gasteiger partial charge in [-0.2, -0.15) is 5.10 Å². The van der Waals surface area contributed by atoms with Crippen LogP contribution >= 0.6 is 0 Å². The molecule has 2 amide bonds. The number of carbonyl (C=O) groups is 2. The molecule has 4 aromatic rings. The van der Waals surface area contributed by atoms with Gasteiger partial charge >= 0.3 is 0 Å². The van der Waals surface area contributed by atoms with Crippen molar-refractivity contribution < 1.29 is 9.59 Å². The van der Waals surface area contributed by atoms with Crippen LogP contribution in [0, 0.1) is 6.92 Å². The van der Waals surface area contributed by atoms with Gasteiger partial charge in [0.25, 0.3) is 11.8 Å². The molecule has 8 heteroatoms. The number of hydrogen-bond donors (Lipinski definition) is 3. The van der Waals surface area contributed by atoms with Gasteiger partial charge in [0.05, 0.1) is 22.8 Å². The van der Waals surface area contributed by atoms with Gasteiger partial charge < -0.3 is 4.98 Å². The number of aryl methyl sites for hydroxylation is 1. The van der Waals surface area contributed by atoms with Gasteiger partial charge in [-0.25, -0.2) is 9.67 Å². The number of nitrogens with zero attached hydrogens (tertiary/aromatic N) is 3. The molecule has 0 aliphatic heterocycles. The van der Waals surface area contributed by atoms with Crippen molar-refractivity contribution in [2.24, 2.45) is 0 Å². The Kier molecular flexibility index (Phi) is 5.05. The van der Waals surface area contributed by atoms with Crippen LogP contribution in [0.1, 0.15) is 46.3 Å². The summed E-state index contributed by atoms with van der Waals surface area (Å²) in [5.74, 6) is -0.879. The molecule has 3 N–H and O–H groups in total. The van der Waals surface area contributed by atoms with E-state index in [1.54, 1.807) is 35.3 Å². The molecule has 3 heterocycles. The van der Waals surface area contributed by atoms with Crippen LogP contribution in [0.5, 0.6) is 0 Å². The maximum atomic E-state index is 13.0. The highest BCUT2D eigenvalue weighted by Gasteiger charge is 2.19. The first-order chi connectivity index (χ1) is 14.5. The number of benzene rings is 1. The van der Waals surface area contributed by atoms with E-state index in [0.717, 1.165) is 11.1 Å².